The van der Waals surface area contributed by atoms with Gasteiger partial charge in [0, 0.05) is 13.1 Å². The first kappa shape index (κ1) is 13.5. The molecule has 0 fully saturated rings. The molecular formula is C14H19N3O2. The van der Waals surface area contributed by atoms with Gasteiger partial charge in [-0.15, -0.1) is 0 Å². The second kappa shape index (κ2) is 5.01. The van der Waals surface area contributed by atoms with Crippen molar-refractivity contribution in [3.63, 3.8) is 0 Å². The summed E-state index contributed by atoms with van der Waals surface area (Å²) in [5, 5.41) is 9.29. The lowest BCUT2D eigenvalue weighted by molar-refractivity contribution is -0.144. The molecule has 102 valence electrons. The first-order chi connectivity index (χ1) is 8.91. The van der Waals surface area contributed by atoms with E-state index in [9.17, 15) is 9.90 Å². The Bertz CT molecular complexity index is 604. The Morgan fingerprint density at radius 3 is 2.68 bits per heavy atom. The van der Waals surface area contributed by atoms with Gasteiger partial charge in [0.25, 0.3) is 0 Å². The number of fused-ring (bicyclic) bond motifs is 1. The average Bonchev–Trinajstić information content (AvgIpc) is 2.69. The molecule has 1 aromatic heterocycles. The lowest BCUT2D eigenvalue weighted by atomic mass is 9.85. The number of rotatable bonds is 4. The quantitative estimate of drug-likeness (QED) is 0.881. The van der Waals surface area contributed by atoms with Crippen LogP contribution in [0.5, 0.6) is 0 Å². The molecule has 2 aromatic rings. The van der Waals surface area contributed by atoms with Crippen LogP contribution in [0.25, 0.3) is 11.0 Å². The van der Waals surface area contributed by atoms with Gasteiger partial charge in [0.05, 0.1) is 23.3 Å². The molecule has 0 spiro atoms. The van der Waals surface area contributed by atoms with E-state index < -0.39 is 17.9 Å². The van der Waals surface area contributed by atoms with Gasteiger partial charge in [0.15, 0.2) is 0 Å². The Morgan fingerprint density at radius 1 is 1.42 bits per heavy atom. The molecule has 0 aliphatic carbocycles. The van der Waals surface area contributed by atoms with Crippen molar-refractivity contribution in [2.24, 2.45) is 24.6 Å². The third-order valence-corrected chi connectivity index (χ3v) is 3.52. The van der Waals surface area contributed by atoms with E-state index in [1.165, 1.54) is 0 Å². The molecule has 2 unspecified atom stereocenters. The number of carboxylic acid groups (broad SMARTS) is 1. The van der Waals surface area contributed by atoms with Crippen molar-refractivity contribution in [2.45, 2.75) is 19.9 Å². The highest BCUT2D eigenvalue weighted by atomic mass is 16.4. The van der Waals surface area contributed by atoms with E-state index in [0.29, 0.717) is 0 Å². The summed E-state index contributed by atoms with van der Waals surface area (Å²) in [5.74, 6) is -1.48. The summed E-state index contributed by atoms with van der Waals surface area (Å²) in [4.78, 5) is 15.6. The number of aromatic nitrogens is 2. The molecule has 2 rings (SSSR count). The normalized spacial score (nSPS) is 14.8. The molecule has 0 bridgehead atoms. The van der Waals surface area contributed by atoms with Gasteiger partial charge in [-0.25, -0.2) is 4.98 Å². The Labute approximate surface area is 112 Å². The smallest absolute Gasteiger partial charge is 0.308 e. The summed E-state index contributed by atoms with van der Waals surface area (Å²) in [5.41, 5.74) is 8.78. The summed E-state index contributed by atoms with van der Waals surface area (Å²) >= 11 is 0. The summed E-state index contributed by atoms with van der Waals surface area (Å²) in [6.45, 7) is 3.75. The fraction of sp³-hybridized carbons (Fsp3) is 0.429. The number of nitrogens with two attached hydrogens (primary N) is 1. The molecule has 19 heavy (non-hydrogen) atoms. The first-order valence-corrected chi connectivity index (χ1v) is 6.31. The van der Waals surface area contributed by atoms with Gasteiger partial charge in [0.1, 0.15) is 0 Å². The maximum absolute atomic E-state index is 11.3. The summed E-state index contributed by atoms with van der Waals surface area (Å²) < 4.78 is 1.92. The van der Waals surface area contributed by atoms with E-state index in [1.54, 1.807) is 6.33 Å². The van der Waals surface area contributed by atoms with Crippen LogP contribution in [-0.4, -0.2) is 20.6 Å². The van der Waals surface area contributed by atoms with Crippen LogP contribution in [0.4, 0.5) is 0 Å². The molecule has 5 heteroatoms. The Balaban J connectivity index is 2.40. The molecule has 0 saturated heterocycles. The molecule has 1 heterocycles. The second-order valence-corrected chi connectivity index (χ2v) is 5.24. The number of carbonyl (C=O) groups is 1. The predicted molar refractivity (Wildman–Crippen MR) is 73.6 cm³/mol. The van der Waals surface area contributed by atoms with Crippen molar-refractivity contribution in [2.75, 3.05) is 0 Å². The third kappa shape index (κ3) is 2.46. The highest BCUT2D eigenvalue weighted by Gasteiger charge is 2.29. The highest BCUT2D eigenvalue weighted by molar-refractivity contribution is 5.77. The Hall–Kier alpha value is -1.88. The summed E-state index contributed by atoms with van der Waals surface area (Å²) in [6, 6.07) is 5.16. The largest absolute Gasteiger partial charge is 0.481 e. The highest BCUT2D eigenvalue weighted by Crippen LogP contribution is 2.28. The van der Waals surface area contributed by atoms with Crippen molar-refractivity contribution in [3.05, 3.63) is 30.1 Å². The Morgan fingerprint density at radius 2 is 2.11 bits per heavy atom. The van der Waals surface area contributed by atoms with E-state index in [0.717, 1.165) is 16.6 Å². The van der Waals surface area contributed by atoms with Gasteiger partial charge in [-0.3, -0.25) is 4.79 Å². The number of nitrogens with zero attached hydrogens (tertiary/aromatic N) is 2. The molecule has 0 radical (unpaired) electrons. The monoisotopic (exact) mass is 261 g/mol. The van der Waals surface area contributed by atoms with Crippen molar-refractivity contribution in [1.29, 1.82) is 0 Å². The number of hydrogen-bond donors (Lipinski definition) is 2. The molecule has 0 aliphatic heterocycles. The van der Waals surface area contributed by atoms with Gasteiger partial charge in [-0.2, -0.15) is 0 Å². The summed E-state index contributed by atoms with van der Waals surface area (Å²) in [6.07, 6.45) is 1.73. The van der Waals surface area contributed by atoms with Crippen molar-refractivity contribution < 1.29 is 9.90 Å². The zero-order valence-corrected chi connectivity index (χ0v) is 11.4. The van der Waals surface area contributed by atoms with Gasteiger partial charge in [-0.05, 0) is 23.6 Å². The van der Waals surface area contributed by atoms with E-state index >= 15 is 0 Å². The third-order valence-electron chi connectivity index (χ3n) is 3.52. The Kier molecular flexibility index (Phi) is 3.57. The minimum atomic E-state index is -0.858. The number of carboxylic acids is 1. The first-order valence-electron chi connectivity index (χ1n) is 6.31. The van der Waals surface area contributed by atoms with Gasteiger partial charge >= 0.3 is 5.97 Å². The molecular weight excluding hydrogens is 242 g/mol. The minimum absolute atomic E-state index is 0.0214. The number of hydrogen-bond acceptors (Lipinski definition) is 3. The molecule has 5 nitrogen and oxygen atoms in total. The van der Waals surface area contributed by atoms with Gasteiger partial charge < -0.3 is 15.4 Å². The molecule has 2 atom stereocenters. The van der Waals surface area contributed by atoms with Crippen LogP contribution in [0.3, 0.4) is 0 Å². The van der Waals surface area contributed by atoms with E-state index in [-0.39, 0.29) is 5.92 Å². The molecule has 3 N–H and O–H groups in total. The summed E-state index contributed by atoms with van der Waals surface area (Å²) in [7, 11) is 1.92. The van der Waals surface area contributed by atoms with Gasteiger partial charge in [-0.1, -0.05) is 19.9 Å². The molecule has 1 aromatic carbocycles. The zero-order valence-electron chi connectivity index (χ0n) is 11.4. The van der Waals surface area contributed by atoms with Crippen LogP contribution in [0.1, 0.15) is 25.5 Å². The van der Waals surface area contributed by atoms with E-state index in [4.69, 9.17) is 5.73 Å². The molecule has 0 saturated carbocycles. The van der Waals surface area contributed by atoms with Gasteiger partial charge in [0.2, 0.25) is 0 Å². The fourth-order valence-corrected chi connectivity index (χ4v) is 2.42. The number of aryl methyl sites for hydroxylation is 1. The number of aliphatic carboxylic acids is 1. The topological polar surface area (TPSA) is 81.1 Å². The standard InChI is InChI=1S/C14H19N3O2/c1-8(2)12(14(18)19)13(15)9-4-5-11-10(6-9)16-7-17(11)3/h4-8,12-13H,15H2,1-3H3,(H,18,19). The van der Waals surface area contributed by atoms with Crippen molar-refractivity contribution >= 4 is 17.0 Å². The average molecular weight is 261 g/mol. The van der Waals surface area contributed by atoms with Crippen LogP contribution in [-0.2, 0) is 11.8 Å². The second-order valence-electron chi connectivity index (χ2n) is 5.24. The van der Waals surface area contributed by atoms with Crippen molar-refractivity contribution in [3.8, 4) is 0 Å². The van der Waals surface area contributed by atoms with E-state index in [1.807, 2.05) is 43.7 Å². The maximum Gasteiger partial charge on any atom is 0.308 e. The predicted octanol–water partition coefficient (Wildman–Crippen LogP) is 1.93. The zero-order chi connectivity index (χ0) is 14.2. The van der Waals surface area contributed by atoms with Crippen LogP contribution in [0, 0.1) is 11.8 Å². The van der Waals surface area contributed by atoms with Crippen LogP contribution in [0.15, 0.2) is 24.5 Å². The molecule has 0 amide bonds. The molecule has 0 aliphatic rings. The van der Waals surface area contributed by atoms with Crippen LogP contribution in [0.2, 0.25) is 0 Å². The van der Waals surface area contributed by atoms with Crippen LogP contribution < -0.4 is 5.73 Å². The maximum atomic E-state index is 11.3. The SMILES string of the molecule is CC(C)C(C(=O)O)C(N)c1ccc2c(c1)ncn2C. The van der Waals surface area contributed by atoms with Crippen molar-refractivity contribution in [1.82, 2.24) is 9.55 Å². The lowest BCUT2D eigenvalue weighted by Gasteiger charge is -2.23. The lowest BCUT2D eigenvalue weighted by Crippen LogP contribution is -2.32. The fourth-order valence-electron chi connectivity index (χ4n) is 2.42. The van der Waals surface area contributed by atoms with Crippen LogP contribution >= 0.6 is 0 Å². The minimum Gasteiger partial charge on any atom is -0.481 e. The number of imidazole rings is 1. The number of benzene rings is 1. The van der Waals surface area contributed by atoms with E-state index in [2.05, 4.69) is 4.98 Å².